The molecule has 0 aromatic heterocycles. The third-order valence-electron chi connectivity index (χ3n) is 4.44. The molecule has 2 N–H and O–H groups in total. The highest BCUT2D eigenvalue weighted by Crippen LogP contribution is 2.29. The van der Waals surface area contributed by atoms with Crippen LogP contribution < -0.4 is 0 Å². The fraction of sp³-hybridized carbons (Fsp3) is 0.733. The molecule has 0 aromatic rings. The molecule has 1 heterocycles. The van der Waals surface area contributed by atoms with E-state index in [1.165, 1.54) is 0 Å². The largest absolute Gasteiger partial charge is 0.481 e. The van der Waals surface area contributed by atoms with Gasteiger partial charge < -0.3 is 15.1 Å². The second-order valence-electron chi connectivity index (χ2n) is 6.17. The van der Waals surface area contributed by atoms with Crippen molar-refractivity contribution in [3.8, 4) is 0 Å². The van der Waals surface area contributed by atoms with Crippen LogP contribution in [0.15, 0.2) is 12.2 Å². The molecule has 0 aromatic carbocycles. The van der Waals surface area contributed by atoms with Gasteiger partial charge >= 0.3 is 5.97 Å². The molecule has 20 heavy (non-hydrogen) atoms. The molecule has 0 spiro atoms. The minimum absolute atomic E-state index is 0.0700. The van der Waals surface area contributed by atoms with E-state index in [0.717, 1.165) is 6.42 Å². The van der Waals surface area contributed by atoms with Gasteiger partial charge in [-0.2, -0.15) is 0 Å². The van der Waals surface area contributed by atoms with Gasteiger partial charge in [-0.3, -0.25) is 9.59 Å². The summed E-state index contributed by atoms with van der Waals surface area (Å²) in [5.74, 6) is -2.04. The van der Waals surface area contributed by atoms with Crippen molar-refractivity contribution in [3.63, 3.8) is 0 Å². The number of likely N-dealkylation sites (tertiary alicyclic amines) is 1. The van der Waals surface area contributed by atoms with Gasteiger partial charge in [0.15, 0.2) is 0 Å². The molecule has 5 heteroatoms. The van der Waals surface area contributed by atoms with E-state index >= 15 is 0 Å². The first-order valence-electron chi connectivity index (χ1n) is 7.30. The van der Waals surface area contributed by atoms with Crippen LogP contribution in [0.4, 0.5) is 0 Å². The highest BCUT2D eigenvalue weighted by Gasteiger charge is 2.37. The van der Waals surface area contributed by atoms with Gasteiger partial charge in [-0.25, -0.2) is 0 Å². The molecule has 2 rings (SSSR count). The van der Waals surface area contributed by atoms with Gasteiger partial charge in [0.25, 0.3) is 0 Å². The van der Waals surface area contributed by atoms with E-state index in [4.69, 9.17) is 0 Å². The number of carbonyl (C=O) groups excluding carboxylic acids is 1. The molecule has 0 bridgehead atoms. The number of nitrogens with zero attached hydrogens (tertiary/aromatic N) is 1. The topological polar surface area (TPSA) is 77.8 Å². The Morgan fingerprint density at radius 1 is 1.15 bits per heavy atom. The van der Waals surface area contributed by atoms with Crippen LogP contribution in [-0.2, 0) is 9.59 Å². The number of hydrogen-bond donors (Lipinski definition) is 2. The number of aliphatic carboxylic acids is 1. The molecule has 1 fully saturated rings. The van der Waals surface area contributed by atoms with Crippen molar-refractivity contribution in [2.24, 2.45) is 11.8 Å². The summed E-state index contributed by atoms with van der Waals surface area (Å²) in [5, 5.41) is 19.3. The summed E-state index contributed by atoms with van der Waals surface area (Å²) in [6.45, 7) is 2.92. The van der Waals surface area contributed by atoms with Gasteiger partial charge in [-0.1, -0.05) is 12.2 Å². The van der Waals surface area contributed by atoms with E-state index in [9.17, 15) is 19.8 Å². The first-order valence-corrected chi connectivity index (χ1v) is 7.30. The Morgan fingerprint density at radius 3 is 2.45 bits per heavy atom. The second kappa shape index (κ2) is 5.95. The first-order chi connectivity index (χ1) is 9.41. The van der Waals surface area contributed by atoms with Crippen LogP contribution in [0.3, 0.4) is 0 Å². The molecular weight excluding hydrogens is 258 g/mol. The van der Waals surface area contributed by atoms with Crippen LogP contribution in [-0.4, -0.2) is 45.7 Å². The number of aliphatic hydroxyl groups is 1. The molecule has 2 aliphatic rings. The molecule has 3 unspecified atom stereocenters. The summed E-state index contributed by atoms with van der Waals surface area (Å²) in [5.41, 5.74) is -0.715. The summed E-state index contributed by atoms with van der Waals surface area (Å²) in [4.78, 5) is 25.6. The Labute approximate surface area is 119 Å². The Kier molecular flexibility index (Phi) is 4.48. The minimum Gasteiger partial charge on any atom is -0.481 e. The molecule has 0 saturated carbocycles. The predicted molar refractivity (Wildman–Crippen MR) is 74.0 cm³/mol. The third-order valence-corrected chi connectivity index (χ3v) is 4.44. The maximum Gasteiger partial charge on any atom is 0.307 e. The van der Waals surface area contributed by atoms with Crippen LogP contribution >= 0.6 is 0 Å². The lowest BCUT2D eigenvalue weighted by molar-refractivity contribution is -0.150. The van der Waals surface area contributed by atoms with Crippen LogP contribution in [0.5, 0.6) is 0 Å². The van der Waals surface area contributed by atoms with Crippen molar-refractivity contribution in [3.05, 3.63) is 12.2 Å². The summed E-state index contributed by atoms with van der Waals surface area (Å²) in [6.07, 6.45) is 6.67. The Bertz CT molecular complexity index is 416. The molecule has 1 amide bonds. The summed E-state index contributed by atoms with van der Waals surface area (Å²) in [6, 6.07) is 0. The molecule has 112 valence electrons. The zero-order valence-corrected chi connectivity index (χ0v) is 11.9. The summed E-state index contributed by atoms with van der Waals surface area (Å²) >= 11 is 0. The zero-order chi connectivity index (χ0) is 14.8. The standard InChI is InChI=1S/C15H23NO4/c1-15(20)7-4-9-16(10-8-15)13(17)11-5-2-3-6-12(11)14(18)19/h2-3,11-12,20H,4-10H2,1H3,(H,18,19). The van der Waals surface area contributed by atoms with Crippen molar-refractivity contribution in [2.45, 2.75) is 44.6 Å². The lowest BCUT2D eigenvalue weighted by Gasteiger charge is -2.30. The monoisotopic (exact) mass is 281 g/mol. The molecule has 0 radical (unpaired) electrons. The van der Waals surface area contributed by atoms with E-state index in [2.05, 4.69) is 0 Å². The number of rotatable bonds is 2. The average Bonchev–Trinajstić information content (AvgIpc) is 2.59. The van der Waals surface area contributed by atoms with E-state index in [1.807, 2.05) is 12.2 Å². The molecule has 1 saturated heterocycles. The van der Waals surface area contributed by atoms with Gasteiger partial charge in [0.05, 0.1) is 17.4 Å². The van der Waals surface area contributed by atoms with E-state index < -0.39 is 23.4 Å². The van der Waals surface area contributed by atoms with Crippen molar-refractivity contribution < 1.29 is 19.8 Å². The quantitative estimate of drug-likeness (QED) is 0.750. The van der Waals surface area contributed by atoms with Gasteiger partial charge in [0.1, 0.15) is 0 Å². The predicted octanol–water partition coefficient (Wildman–Crippen LogP) is 1.42. The van der Waals surface area contributed by atoms with Crippen molar-refractivity contribution in [2.75, 3.05) is 13.1 Å². The Balaban J connectivity index is 2.06. The normalized spacial score (nSPS) is 34.6. The number of amides is 1. The summed E-state index contributed by atoms with van der Waals surface area (Å²) < 4.78 is 0. The highest BCUT2D eigenvalue weighted by molar-refractivity contribution is 5.85. The second-order valence-corrected chi connectivity index (χ2v) is 6.17. The molecule has 1 aliphatic carbocycles. The number of carbonyl (C=O) groups is 2. The molecular formula is C15H23NO4. The van der Waals surface area contributed by atoms with E-state index in [1.54, 1.807) is 11.8 Å². The van der Waals surface area contributed by atoms with Crippen LogP contribution in [0, 0.1) is 11.8 Å². The van der Waals surface area contributed by atoms with Gasteiger partial charge in [0.2, 0.25) is 5.91 Å². The number of allylic oxidation sites excluding steroid dienone is 2. The van der Waals surface area contributed by atoms with Crippen molar-refractivity contribution in [1.82, 2.24) is 4.90 Å². The third kappa shape index (κ3) is 3.39. The van der Waals surface area contributed by atoms with Crippen molar-refractivity contribution >= 4 is 11.9 Å². The molecule has 3 atom stereocenters. The number of carboxylic acid groups (broad SMARTS) is 1. The van der Waals surface area contributed by atoms with Crippen LogP contribution in [0.25, 0.3) is 0 Å². The number of hydrogen-bond acceptors (Lipinski definition) is 3. The van der Waals surface area contributed by atoms with Gasteiger partial charge in [0, 0.05) is 13.1 Å². The summed E-state index contributed by atoms with van der Waals surface area (Å²) in [7, 11) is 0. The van der Waals surface area contributed by atoms with Crippen LogP contribution in [0.1, 0.15) is 39.0 Å². The smallest absolute Gasteiger partial charge is 0.307 e. The average molecular weight is 281 g/mol. The van der Waals surface area contributed by atoms with Gasteiger partial charge in [-0.15, -0.1) is 0 Å². The maximum atomic E-state index is 12.6. The Hall–Kier alpha value is -1.36. The van der Waals surface area contributed by atoms with Crippen molar-refractivity contribution in [1.29, 1.82) is 0 Å². The fourth-order valence-electron chi connectivity index (χ4n) is 3.08. The first kappa shape index (κ1) is 15.0. The molecule has 5 nitrogen and oxygen atoms in total. The lowest BCUT2D eigenvalue weighted by atomic mass is 9.82. The minimum atomic E-state index is -0.894. The van der Waals surface area contributed by atoms with E-state index in [-0.39, 0.29) is 5.91 Å². The number of carboxylic acids is 1. The highest BCUT2D eigenvalue weighted by atomic mass is 16.4. The fourth-order valence-corrected chi connectivity index (χ4v) is 3.08. The van der Waals surface area contributed by atoms with E-state index in [0.29, 0.717) is 38.8 Å². The maximum absolute atomic E-state index is 12.6. The zero-order valence-electron chi connectivity index (χ0n) is 11.9. The molecule has 1 aliphatic heterocycles. The SMILES string of the molecule is CC1(O)CCCN(C(=O)C2CC=CCC2C(=O)O)CC1. The Morgan fingerprint density at radius 2 is 1.80 bits per heavy atom. The van der Waals surface area contributed by atoms with Crippen LogP contribution in [0.2, 0.25) is 0 Å². The van der Waals surface area contributed by atoms with Gasteiger partial charge in [-0.05, 0) is 39.0 Å². The lowest BCUT2D eigenvalue weighted by Crippen LogP contribution is -2.42.